The summed E-state index contributed by atoms with van der Waals surface area (Å²) in [5.41, 5.74) is 2.91. The Balaban J connectivity index is 1.49. The van der Waals surface area contributed by atoms with Gasteiger partial charge in [0.25, 0.3) is 0 Å². The largest absolute Gasteiger partial charge is 0.360 e. The van der Waals surface area contributed by atoms with Crippen LogP contribution in [0.1, 0.15) is 32.6 Å². The molecule has 3 heterocycles. The van der Waals surface area contributed by atoms with Crippen LogP contribution in [0.4, 0.5) is 0 Å². The second-order valence-electron chi connectivity index (χ2n) is 8.30. The molecule has 6 nitrogen and oxygen atoms in total. The van der Waals surface area contributed by atoms with Crippen molar-refractivity contribution in [2.24, 2.45) is 0 Å². The summed E-state index contributed by atoms with van der Waals surface area (Å²) < 4.78 is 2.01. The molecule has 2 aromatic carbocycles. The van der Waals surface area contributed by atoms with Crippen molar-refractivity contribution in [1.29, 1.82) is 0 Å². The molecule has 0 aliphatic carbocycles. The maximum atomic E-state index is 13.1. The lowest BCUT2D eigenvalue weighted by Crippen LogP contribution is -2.44. The van der Waals surface area contributed by atoms with Crippen LogP contribution in [0.15, 0.2) is 59.9 Å². The predicted octanol–water partition coefficient (Wildman–Crippen LogP) is 5.95. The number of aromatic nitrogens is 4. The van der Waals surface area contributed by atoms with Crippen molar-refractivity contribution in [3.05, 3.63) is 59.8 Å². The number of rotatable bonds is 6. The van der Waals surface area contributed by atoms with E-state index in [4.69, 9.17) is 11.6 Å². The van der Waals surface area contributed by atoms with Gasteiger partial charge in [-0.25, -0.2) is 0 Å². The van der Waals surface area contributed by atoms with Gasteiger partial charge in [-0.1, -0.05) is 48.5 Å². The number of nitrogens with one attached hydrogen (secondary N) is 1. The standard InChI is InChI=1S/C25H26ClN5OS/c1-2-18-7-5-6-14-30(18)23(32)16-33-25-29-28-24(31(25)19-12-10-17(26)11-13-19)21-15-27-22-9-4-3-8-20(21)22/h3-4,8-13,15,18,27H,2,5-7,14,16H2,1H3/t18-/m0/s1. The van der Waals surface area contributed by atoms with Gasteiger partial charge in [0, 0.05) is 46.0 Å². The van der Waals surface area contributed by atoms with Gasteiger partial charge in [0.1, 0.15) is 0 Å². The maximum Gasteiger partial charge on any atom is 0.233 e. The number of hydrogen-bond acceptors (Lipinski definition) is 4. The minimum Gasteiger partial charge on any atom is -0.360 e. The Labute approximate surface area is 202 Å². The molecule has 2 aromatic heterocycles. The molecule has 1 N–H and O–H groups in total. The SMILES string of the molecule is CC[C@H]1CCCCN1C(=O)CSc1nnc(-c2c[nH]c3ccccc23)n1-c1ccc(Cl)cc1. The number of H-pyrrole nitrogens is 1. The first-order chi connectivity index (χ1) is 16.2. The topological polar surface area (TPSA) is 66.8 Å². The summed E-state index contributed by atoms with van der Waals surface area (Å²) in [7, 11) is 0. The highest BCUT2D eigenvalue weighted by Gasteiger charge is 2.26. The number of thioether (sulfide) groups is 1. The third-order valence-electron chi connectivity index (χ3n) is 6.29. The Morgan fingerprint density at radius 2 is 1.97 bits per heavy atom. The number of aromatic amines is 1. The smallest absolute Gasteiger partial charge is 0.233 e. The number of carbonyl (C=O) groups excluding carboxylic acids is 1. The molecule has 1 aliphatic heterocycles. The average molecular weight is 480 g/mol. The first-order valence-corrected chi connectivity index (χ1v) is 12.7. The predicted molar refractivity (Wildman–Crippen MR) is 134 cm³/mol. The normalized spacial score (nSPS) is 16.4. The molecule has 1 atom stereocenters. The summed E-state index contributed by atoms with van der Waals surface area (Å²) in [5.74, 6) is 1.25. The Kier molecular flexibility index (Phi) is 6.42. The quantitative estimate of drug-likeness (QED) is 0.347. The van der Waals surface area contributed by atoms with E-state index in [1.54, 1.807) is 0 Å². The number of para-hydroxylation sites is 1. The molecular weight excluding hydrogens is 454 g/mol. The summed E-state index contributed by atoms with van der Waals surface area (Å²) in [5, 5.41) is 11.5. The molecule has 0 bridgehead atoms. The molecule has 0 saturated carbocycles. The van der Waals surface area contributed by atoms with Crippen LogP contribution in [0, 0.1) is 0 Å². The van der Waals surface area contributed by atoms with E-state index in [0.29, 0.717) is 22.0 Å². The van der Waals surface area contributed by atoms with Crippen molar-refractivity contribution in [2.75, 3.05) is 12.3 Å². The highest BCUT2D eigenvalue weighted by Crippen LogP contribution is 2.33. The lowest BCUT2D eigenvalue weighted by molar-refractivity contribution is -0.132. The lowest BCUT2D eigenvalue weighted by atomic mass is 10.0. The molecule has 1 fully saturated rings. The first kappa shape index (κ1) is 22.0. The highest BCUT2D eigenvalue weighted by molar-refractivity contribution is 7.99. The van der Waals surface area contributed by atoms with Crippen LogP contribution >= 0.6 is 23.4 Å². The number of amides is 1. The second kappa shape index (κ2) is 9.61. The zero-order valence-electron chi connectivity index (χ0n) is 18.5. The number of benzene rings is 2. The molecule has 1 amide bonds. The molecule has 0 radical (unpaired) electrons. The van der Waals surface area contributed by atoms with Crippen molar-refractivity contribution in [2.45, 2.75) is 43.8 Å². The summed E-state index contributed by atoms with van der Waals surface area (Å²) >= 11 is 7.58. The van der Waals surface area contributed by atoms with Crippen molar-refractivity contribution < 1.29 is 4.79 Å². The second-order valence-corrected chi connectivity index (χ2v) is 9.68. The van der Waals surface area contributed by atoms with Crippen molar-refractivity contribution >= 4 is 40.2 Å². The Bertz CT molecular complexity index is 1270. The highest BCUT2D eigenvalue weighted by atomic mass is 35.5. The molecule has 5 rings (SSSR count). The van der Waals surface area contributed by atoms with E-state index in [9.17, 15) is 4.79 Å². The number of halogens is 1. The molecule has 1 saturated heterocycles. The minimum absolute atomic E-state index is 0.172. The van der Waals surface area contributed by atoms with E-state index in [0.717, 1.165) is 53.8 Å². The van der Waals surface area contributed by atoms with Gasteiger partial charge < -0.3 is 9.88 Å². The number of fused-ring (bicyclic) bond motifs is 1. The van der Waals surface area contributed by atoms with Gasteiger partial charge >= 0.3 is 0 Å². The van der Waals surface area contributed by atoms with E-state index >= 15 is 0 Å². The lowest BCUT2D eigenvalue weighted by Gasteiger charge is -2.35. The zero-order chi connectivity index (χ0) is 22.8. The first-order valence-electron chi connectivity index (χ1n) is 11.4. The Morgan fingerprint density at radius 3 is 2.79 bits per heavy atom. The van der Waals surface area contributed by atoms with Gasteiger partial charge in [-0.05, 0) is 56.0 Å². The molecular formula is C25H26ClN5OS. The van der Waals surface area contributed by atoms with Crippen LogP contribution in [0.5, 0.6) is 0 Å². The van der Waals surface area contributed by atoms with Gasteiger partial charge in [-0.15, -0.1) is 10.2 Å². The monoisotopic (exact) mass is 479 g/mol. The van der Waals surface area contributed by atoms with E-state index in [1.165, 1.54) is 18.2 Å². The van der Waals surface area contributed by atoms with Crippen LogP contribution in [-0.2, 0) is 4.79 Å². The van der Waals surface area contributed by atoms with Crippen LogP contribution in [0.25, 0.3) is 28.0 Å². The van der Waals surface area contributed by atoms with Gasteiger partial charge in [-0.3, -0.25) is 9.36 Å². The summed E-state index contributed by atoms with van der Waals surface area (Å²) in [6.45, 7) is 3.01. The maximum absolute atomic E-state index is 13.1. The Morgan fingerprint density at radius 1 is 1.15 bits per heavy atom. The fraction of sp³-hybridized carbons (Fsp3) is 0.320. The van der Waals surface area contributed by atoms with Crippen LogP contribution in [0.3, 0.4) is 0 Å². The number of likely N-dealkylation sites (tertiary alicyclic amines) is 1. The molecule has 0 unspecified atom stereocenters. The number of carbonyl (C=O) groups is 1. The third kappa shape index (κ3) is 4.39. The average Bonchev–Trinajstić information content (AvgIpc) is 3.47. The van der Waals surface area contributed by atoms with Gasteiger partial charge in [0.15, 0.2) is 11.0 Å². The third-order valence-corrected chi connectivity index (χ3v) is 7.46. The van der Waals surface area contributed by atoms with E-state index in [1.807, 2.05) is 53.2 Å². The molecule has 1 aliphatic rings. The molecule has 170 valence electrons. The van der Waals surface area contributed by atoms with Crippen molar-refractivity contribution in [1.82, 2.24) is 24.6 Å². The number of hydrogen-bond donors (Lipinski definition) is 1. The van der Waals surface area contributed by atoms with Crippen LogP contribution in [-0.4, -0.2) is 48.9 Å². The van der Waals surface area contributed by atoms with Gasteiger partial charge in [-0.2, -0.15) is 0 Å². The molecule has 8 heteroatoms. The van der Waals surface area contributed by atoms with Crippen LogP contribution in [0.2, 0.25) is 5.02 Å². The van der Waals surface area contributed by atoms with Crippen molar-refractivity contribution in [3.8, 4) is 17.1 Å². The Hall–Kier alpha value is -2.77. The number of piperidine rings is 1. The molecule has 4 aromatic rings. The fourth-order valence-electron chi connectivity index (χ4n) is 4.58. The fourth-order valence-corrected chi connectivity index (χ4v) is 5.54. The zero-order valence-corrected chi connectivity index (χ0v) is 20.1. The van der Waals surface area contributed by atoms with Gasteiger partial charge in [0.05, 0.1) is 5.75 Å². The molecule has 0 spiro atoms. The summed E-state index contributed by atoms with van der Waals surface area (Å²) in [4.78, 5) is 18.4. The summed E-state index contributed by atoms with van der Waals surface area (Å²) in [6.07, 6.45) is 6.34. The molecule has 33 heavy (non-hydrogen) atoms. The van der Waals surface area contributed by atoms with Crippen LogP contribution < -0.4 is 0 Å². The van der Waals surface area contributed by atoms with Gasteiger partial charge in [0.2, 0.25) is 5.91 Å². The minimum atomic E-state index is 0.172. The van der Waals surface area contributed by atoms with E-state index in [-0.39, 0.29) is 5.91 Å². The van der Waals surface area contributed by atoms with E-state index < -0.39 is 0 Å². The van der Waals surface area contributed by atoms with Crippen molar-refractivity contribution in [3.63, 3.8) is 0 Å². The number of nitrogens with zero attached hydrogens (tertiary/aromatic N) is 4. The van der Waals surface area contributed by atoms with E-state index in [2.05, 4.69) is 33.1 Å². The summed E-state index contributed by atoms with van der Waals surface area (Å²) in [6, 6.07) is 16.1.